The highest BCUT2D eigenvalue weighted by Crippen LogP contribution is 2.50. The molecular formula is C11H24BN. The molecule has 0 rings (SSSR count). The molecule has 76 valence electrons. The molecule has 0 heterocycles. The summed E-state index contributed by atoms with van der Waals surface area (Å²) in [4.78, 5) is 0. The van der Waals surface area contributed by atoms with Crippen LogP contribution >= 0.6 is 0 Å². The number of nitrogens with two attached hydrogens (primary N) is 1. The van der Waals surface area contributed by atoms with Gasteiger partial charge in [0.15, 0.2) is 0 Å². The molecule has 1 atom stereocenters. The molecule has 1 nitrogen and oxygen atoms in total. The van der Waals surface area contributed by atoms with E-state index in [1.54, 1.807) is 0 Å². The van der Waals surface area contributed by atoms with Gasteiger partial charge in [-0.3, -0.25) is 0 Å². The minimum atomic E-state index is -0.175. The van der Waals surface area contributed by atoms with Crippen LogP contribution in [-0.2, 0) is 0 Å². The van der Waals surface area contributed by atoms with Crippen molar-refractivity contribution in [3.63, 3.8) is 0 Å². The zero-order valence-corrected chi connectivity index (χ0v) is 9.69. The average Bonchev–Trinajstić information content (AvgIpc) is 2.16. The molecule has 1 unspecified atom stereocenters. The van der Waals surface area contributed by atoms with Crippen LogP contribution in [0.5, 0.6) is 0 Å². The molecule has 0 aromatic carbocycles. The van der Waals surface area contributed by atoms with E-state index in [-0.39, 0.29) is 10.7 Å². The smallest absolute Gasteiger partial charge is 0.0770 e. The first-order valence-electron chi connectivity index (χ1n) is 5.48. The maximum atomic E-state index is 6.38. The second-order valence-electron chi connectivity index (χ2n) is 4.38. The number of rotatable bonds is 6. The van der Waals surface area contributed by atoms with Crippen molar-refractivity contribution in [2.75, 3.05) is 6.54 Å². The fourth-order valence-corrected chi connectivity index (χ4v) is 2.05. The normalized spacial score (nSPS) is 17.0. The first-order valence-corrected chi connectivity index (χ1v) is 5.48. The molecule has 0 amide bonds. The molecule has 0 bridgehead atoms. The lowest BCUT2D eigenvalue weighted by atomic mass is 9.49. The summed E-state index contributed by atoms with van der Waals surface area (Å²) in [6.07, 6.45) is 4.36. The molecule has 0 aliphatic rings. The lowest BCUT2D eigenvalue weighted by molar-refractivity contribution is 0.180. The minimum absolute atomic E-state index is 0.175. The molecule has 0 saturated carbocycles. The lowest BCUT2D eigenvalue weighted by Crippen LogP contribution is -2.39. The predicted octanol–water partition coefficient (Wildman–Crippen LogP) is 2.90. The Balaban J connectivity index is 4.68. The Kier molecular flexibility index (Phi) is 5.05. The fraction of sp³-hybridized carbons (Fsp3) is 1.00. The van der Waals surface area contributed by atoms with Gasteiger partial charge >= 0.3 is 0 Å². The minimum Gasteiger partial charge on any atom is -0.331 e. The van der Waals surface area contributed by atoms with Crippen LogP contribution in [-0.4, -0.2) is 14.4 Å². The van der Waals surface area contributed by atoms with Gasteiger partial charge in [-0.1, -0.05) is 53.4 Å². The van der Waals surface area contributed by atoms with Gasteiger partial charge in [-0.2, -0.15) is 0 Å². The van der Waals surface area contributed by atoms with Gasteiger partial charge in [-0.15, -0.1) is 0 Å². The van der Waals surface area contributed by atoms with Gasteiger partial charge < -0.3 is 5.73 Å². The molecule has 0 fully saturated rings. The molecule has 0 saturated heterocycles. The monoisotopic (exact) mass is 181 g/mol. The third-order valence-corrected chi connectivity index (χ3v) is 3.82. The summed E-state index contributed by atoms with van der Waals surface area (Å²) in [7, 11) is 6.38. The van der Waals surface area contributed by atoms with E-state index in [9.17, 15) is 0 Å². The Morgan fingerprint density at radius 3 is 1.85 bits per heavy atom. The van der Waals surface area contributed by atoms with Crippen LogP contribution in [0.2, 0.25) is 5.31 Å². The summed E-state index contributed by atoms with van der Waals surface area (Å²) in [6.45, 7) is 9.43. The summed E-state index contributed by atoms with van der Waals surface area (Å²) < 4.78 is 0. The third-order valence-electron chi connectivity index (χ3n) is 3.82. The van der Waals surface area contributed by atoms with Crippen molar-refractivity contribution in [1.29, 1.82) is 0 Å². The maximum absolute atomic E-state index is 6.38. The van der Waals surface area contributed by atoms with Crippen LogP contribution < -0.4 is 5.73 Å². The fourth-order valence-electron chi connectivity index (χ4n) is 2.05. The van der Waals surface area contributed by atoms with Gasteiger partial charge in [0.05, 0.1) is 7.85 Å². The maximum Gasteiger partial charge on any atom is 0.0770 e. The number of hydrogen-bond donors (Lipinski definition) is 1. The summed E-state index contributed by atoms with van der Waals surface area (Å²) >= 11 is 0. The average molecular weight is 181 g/mol. The van der Waals surface area contributed by atoms with E-state index in [0.29, 0.717) is 6.54 Å². The Bertz CT molecular complexity index is 143. The Morgan fingerprint density at radius 2 is 1.62 bits per heavy atom. The first-order chi connectivity index (χ1) is 5.99. The molecule has 13 heavy (non-hydrogen) atoms. The van der Waals surface area contributed by atoms with Gasteiger partial charge in [0.1, 0.15) is 0 Å². The largest absolute Gasteiger partial charge is 0.331 e. The van der Waals surface area contributed by atoms with Crippen molar-refractivity contribution < 1.29 is 0 Å². The molecule has 2 N–H and O–H groups in total. The van der Waals surface area contributed by atoms with E-state index in [0.717, 1.165) is 25.7 Å². The highest BCUT2D eigenvalue weighted by atomic mass is 14.6. The molecule has 0 aliphatic carbocycles. The summed E-state index contributed by atoms with van der Waals surface area (Å²) in [5.74, 6) is 0. The van der Waals surface area contributed by atoms with E-state index < -0.39 is 0 Å². The molecule has 0 aliphatic heterocycles. The van der Waals surface area contributed by atoms with Crippen LogP contribution in [0.4, 0.5) is 0 Å². The third kappa shape index (κ3) is 2.49. The SMILES string of the molecule is [B]C(CN)(CCC)C(C)(CC)CC. The van der Waals surface area contributed by atoms with E-state index >= 15 is 0 Å². The van der Waals surface area contributed by atoms with E-state index in [2.05, 4.69) is 27.7 Å². The van der Waals surface area contributed by atoms with Crippen LogP contribution in [0.3, 0.4) is 0 Å². The molecular weight excluding hydrogens is 157 g/mol. The lowest BCUT2D eigenvalue weighted by Gasteiger charge is -2.46. The highest BCUT2D eigenvalue weighted by Gasteiger charge is 2.39. The van der Waals surface area contributed by atoms with Crippen molar-refractivity contribution in [3.8, 4) is 0 Å². The van der Waals surface area contributed by atoms with Crippen molar-refractivity contribution in [2.24, 2.45) is 11.1 Å². The van der Waals surface area contributed by atoms with E-state index in [1.807, 2.05) is 0 Å². The zero-order valence-electron chi connectivity index (χ0n) is 9.69. The predicted molar refractivity (Wildman–Crippen MR) is 61.1 cm³/mol. The van der Waals surface area contributed by atoms with Crippen molar-refractivity contribution in [2.45, 2.75) is 58.7 Å². The Morgan fingerprint density at radius 1 is 1.15 bits per heavy atom. The Labute approximate surface area is 84.9 Å². The molecule has 2 heteroatoms. The van der Waals surface area contributed by atoms with Gasteiger partial charge in [-0.05, 0) is 17.3 Å². The standard InChI is InChI=1S/C11H24BN/c1-5-8-11(12,9-13)10(4,6-2)7-3/h5-9,13H2,1-4H3. The van der Waals surface area contributed by atoms with Gasteiger partial charge in [0.2, 0.25) is 0 Å². The molecule has 0 aromatic heterocycles. The van der Waals surface area contributed by atoms with Crippen LogP contribution in [0.25, 0.3) is 0 Å². The van der Waals surface area contributed by atoms with Crippen molar-refractivity contribution in [1.82, 2.24) is 0 Å². The van der Waals surface area contributed by atoms with Gasteiger partial charge in [0.25, 0.3) is 0 Å². The van der Waals surface area contributed by atoms with E-state index in [1.165, 1.54) is 0 Å². The topological polar surface area (TPSA) is 26.0 Å². The van der Waals surface area contributed by atoms with E-state index in [4.69, 9.17) is 13.6 Å². The zero-order chi connectivity index (χ0) is 10.5. The molecule has 0 aromatic rings. The van der Waals surface area contributed by atoms with Crippen LogP contribution in [0.15, 0.2) is 0 Å². The summed E-state index contributed by atoms with van der Waals surface area (Å²) in [6, 6.07) is 0. The van der Waals surface area contributed by atoms with Crippen molar-refractivity contribution in [3.05, 3.63) is 0 Å². The second-order valence-corrected chi connectivity index (χ2v) is 4.38. The number of hydrogen-bond acceptors (Lipinski definition) is 1. The van der Waals surface area contributed by atoms with Gasteiger partial charge in [0, 0.05) is 0 Å². The summed E-state index contributed by atoms with van der Waals surface area (Å²) in [5, 5.41) is -0.175. The molecule has 0 spiro atoms. The van der Waals surface area contributed by atoms with Crippen LogP contribution in [0, 0.1) is 5.41 Å². The first kappa shape index (κ1) is 13.0. The van der Waals surface area contributed by atoms with Crippen LogP contribution in [0.1, 0.15) is 53.4 Å². The summed E-state index contributed by atoms with van der Waals surface area (Å²) in [5.41, 5.74) is 6.00. The highest BCUT2D eigenvalue weighted by molar-refractivity contribution is 6.16. The second kappa shape index (κ2) is 5.04. The quantitative estimate of drug-likeness (QED) is 0.626. The molecule has 2 radical (unpaired) electrons. The van der Waals surface area contributed by atoms with Crippen molar-refractivity contribution >= 4 is 7.85 Å². The van der Waals surface area contributed by atoms with Gasteiger partial charge in [-0.25, -0.2) is 0 Å². The Hall–Kier alpha value is 0.0249.